The van der Waals surface area contributed by atoms with E-state index in [9.17, 15) is 27.5 Å². The van der Waals surface area contributed by atoms with Gasteiger partial charge in [0.05, 0.1) is 17.8 Å². The van der Waals surface area contributed by atoms with Gasteiger partial charge in [0.15, 0.2) is 17.7 Å². The number of aromatic nitrogens is 2. The van der Waals surface area contributed by atoms with E-state index in [2.05, 4.69) is 15.2 Å². The van der Waals surface area contributed by atoms with Gasteiger partial charge in [0.1, 0.15) is 5.75 Å². The number of benzene rings is 2. The number of nitrogens with zero attached hydrogens (tertiary/aromatic N) is 2. The molecule has 1 amide bonds. The summed E-state index contributed by atoms with van der Waals surface area (Å²) < 4.78 is 62.5. The minimum atomic E-state index is -4.98. The molecule has 0 unspecified atom stereocenters. The lowest BCUT2D eigenvalue weighted by Gasteiger charge is -2.70. The Morgan fingerprint density at radius 1 is 1.19 bits per heavy atom. The summed E-state index contributed by atoms with van der Waals surface area (Å²) in [5.74, 6) is -1.90. The number of fused-ring (bicyclic) bond motifs is 1. The van der Waals surface area contributed by atoms with Gasteiger partial charge in [-0.15, -0.1) is 13.2 Å². The summed E-state index contributed by atoms with van der Waals surface area (Å²) in [6, 6.07) is 8.12. The largest absolute Gasteiger partial charge is 0.573 e. The fourth-order valence-electron chi connectivity index (χ4n) is 5.65. The van der Waals surface area contributed by atoms with E-state index in [1.54, 1.807) is 29.1 Å². The number of alkyl halides is 3. The summed E-state index contributed by atoms with van der Waals surface area (Å²) in [7, 11) is 0. The molecule has 3 fully saturated rings. The highest BCUT2D eigenvalue weighted by Gasteiger charge is 2.70. The Labute approximate surface area is 212 Å². The van der Waals surface area contributed by atoms with Crippen molar-refractivity contribution in [1.82, 2.24) is 15.1 Å². The highest BCUT2D eigenvalue weighted by Crippen LogP contribution is 2.65. The van der Waals surface area contributed by atoms with Crippen molar-refractivity contribution in [3.05, 3.63) is 65.2 Å². The Morgan fingerprint density at radius 3 is 2.65 bits per heavy atom. The second-order valence-corrected chi connectivity index (χ2v) is 10.4. The summed E-state index contributed by atoms with van der Waals surface area (Å²) in [6.45, 7) is 0. The van der Waals surface area contributed by atoms with Gasteiger partial charge in [-0.3, -0.25) is 9.48 Å². The Morgan fingerprint density at radius 2 is 1.95 bits per heavy atom. The molecule has 2 N–H and O–H groups in total. The van der Waals surface area contributed by atoms with Crippen molar-refractivity contribution >= 4 is 17.5 Å². The van der Waals surface area contributed by atoms with Gasteiger partial charge in [0, 0.05) is 34.3 Å². The van der Waals surface area contributed by atoms with Crippen molar-refractivity contribution in [2.24, 2.45) is 0 Å². The van der Waals surface area contributed by atoms with Gasteiger partial charge < -0.3 is 19.9 Å². The van der Waals surface area contributed by atoms with Crippen molar-refractivity contribution < 1.29 is 36.9 Å². The first-order valence-electron chi connectivity index (χ1n) is 11.5. The third-order valence-corrected chi connectivity index (χ3v) is 7.52. The van der Waals surface area contributed by atoms with Crippen LogP contribution in [0.25, 0.3) is 11.1 Å². The number of carbonyl (C=O) groups is 1. The number of amides is 1. The van der Waals surface area contributed by atoms with E-state index in [1.165, 1.54) is 12.3 Å². The fraction of sp³-hybridized carbons (Fsp3) is 0.360. The third-order valence-electron chi connectivity index (χ3n) is 7.28. The molecule has 194 valence electrons. The number of carbonyl (C=O) groups excluding carboxylic acids is 1. The molecule has 3 aromatic rings. The Hall–Kier alpha value is -3.31. The summed E-state index contributed by atoms with van der Waals surface area (Å²) in [5, 5.41) is 18.4. The molecule has 1 aromatic heterocycles. The minimum Gasteiger partial charge on any atom is -0.480 e. The molecule has 37 heavy (non-hydrogen) atoms. The number of hydrogen-bond acceptors (Lipinski definition) is 5. The second-order valence-electron chi connectivity index (χ2n) is 9.93. The molecule has 2 atom stereocenters. The van der Waals surface area contributed by atoms with E-state index in [0.717, 1.165) is 12.1 Å². The van der Waals surface area contributed by atoms with Crippen LogP contribution in [-0.2, 0) is 10.3 Å². The maximum Gasteiger partial charge on any atom is 0.573 e. The van der Waals surface area contributed by atoms with E-state index < -0.39 is 30.1 Å². The average molecular weight is 538 g/mol. The molecule has 2 aromatic carbocycles. The smallest absolute Gasteiger partial charge is 0.480 e. The Kier molecular flexibility index (Phi) is 5.26. The molecular weight excluding hydrogens is 518 g/mol. The first-order valence-corrected chi connectivity index (χ1v) is 11.9. The number of aliphatic hydroxyl groups excluding tert-OH is 1. The molecule has 1 aliphatic heterocycles. The molecule has 0 saturated heterocycles. The highest BCUT2D eigenvalue weighted by molar-refractivity contribution is 6.30. The van der Waals surface area contributed by atoms with Crippen LogP contribution < -0.4 is 14.8 Å². The molecule has 3 aliphatic carbocycles. The molecule has 0 radical (unpaired) electrons. The number of hydrogen-bond donors (Lipinski definition) is 2. The predicted octanol–water partition coefficient (Wildman–Crippen LogP) is 4.87. The van der Waals surface area contributed by atoms with E-state index >= 15 is 0 Å². The lowest BCUT2D eigenvalue weighted by Crippen LogP contribution is -2.79. The maximum atomic E-state index is 14.1. The van der Waals surface area contributed by atoms with Crippen molar-refractivity contribution in [2.75, 3.05) is 0 Å². The zero-order chi connectivity index (χ0) is 26.2. The minimum absolute atomic E-state index is 0.117. The first-order chi connectivity index (χ1) is 17.4. The zero-order valence-electron chi connectivity index (χ0n) is 19.1. The van der Waals surface area contributed by atoms with E-state index in [0.29, 0.717) is 46.7 Å². The van der Waals surface area contributed by atoms with Gasteiger partial charge in [0.25, 0.3) is 5.91 Å². The van der Waals surface area contributed by atoms with Crippen LogP contribution in [0.5, 0.6) is 11.5 Å². The van der Waals surface area contributed by atoms with Crippen LogP contribution in [-0.4, -0.2) is 38.8 Å². The average Bonchev–Trinajstić information content (AvgIpc) is 3.26. The van der Waals surface area contributed by atoms with E-state index in [4.69, 9.17) is 16.3 Å². The molecule has 4 aliphatic rings. The number of nitrogens with one attached hydrogen (secondary N) is 1. The maximum absolute atomic E-state index is 14.1. The second kappa shape index (κ2) is 8.09. The summed E-state index contributed by atoms with van der Waals surface area (Å²) >= 11 is 5.98. The molecule has 2 bridgehead atoms. The molecule has 7 rings (SSSR count). The summed E-state index contributed by atoms with van der Waals surface area (Å²) in [4.78, 5) is 12.9. The number of rotatable bonds is 5. The Balaban J connectivity index is 1.09. The highest BCUT2D eigenvalue weighted by atomic mass is 35.5. The van der Waals surface area contributed by atoms with Crippen molar-refractivity contribution in [3.63, 3.8) is 0 Å². The van der Waals surface area contributed by atoms with Crippen LogP contribution in [0.15, 0.2) is 48.8 Å². The van der Waals surface area contributed by atoms with Crippen LogP contribution in [0, 0.1) is 5.82 Å². The van der Waals surface area contributed by atoms with Crippen molar-refractivity contribution in [3.8, 4) is 22.6 Å². The SMILES string of the molecule is O=C(NC12CC(n3cc(-c4ccc(OC(F)(F)F)c(F)c4)cn3)(C1)C2)[C@H]1C[C@@H](O)c2cc(Cl)ccc2O1. The first kappa shape index (κ1) is 24.1. The predicted molar refractivity (Wildman–Crippen MR) is 122 cm³/mol. The summed E-state index contributed by atoms with van der Waals surface area (Å²) in [5.41, 5.74) is 0.782. The fourth-order valence-corrected chi connectivity index (χ4v) is 5.83. The quantitative estimate of drug-likeness (QED) is 0.454. The van der Waals surface area contributed by atoms with Gasteiger partial charge in [-0.25, -0.2) is 4.39 Å². The van der Waals surface area contributed by atoms with Gasteiger partial charge in [-0.2, -0.15) is 5.10 Å². The van der Waals surface area contributed by atoms with Crippen LogP contribution in [0.2, 0.25) is 5.02 Å². The Bertz CT molecular complexity index is 1390. The van der Waals surface area contributed by atoms with Crippen LogP contribution in [0.3, 0.4) is 0 Å². The molecular formula is C25H20ClF4N3O4. The van der Waals surface area contributed by atoms with E-state index in [-0.39, 0.29) is 23.4 Å². The number of aliphatic hydroxyl groups is 1. The monoisotopic (exact) mass is 537 g/mol. The lowest BCUT2D eigenvalue weighted by molar-refractivity contribution is -0.275. The zero-order valence-corrected chi connectivity index (χ0v) is 19.8. The normalized spacial score (nSPS) is 27.8. The standard InChI is InChI=1S/C25H20ClF4N3O4/c26-15-2-4-19-16(6-15)18(34)7-21(36-19)22(35)32-23-10-24(11-23,12-23)33-9-14(8-31-33)13-1-3-20(17(27)5-13)37-25(28,29)30/h1-6,8-9,18,21,34H,7,10-12H2,(H,32,35)/t18-,21-,23?,24?/m1/s1. The molecule has 2 heterocycles. The van der Waals surface area contributed by atoms with E-state index in [1.807, 2.05) is 0 Å². The van der Waals surface area contributed by atoms with Crippen molar-refractivity contribution in [2.45, 2.75) is 55.3 Å². The van der Waals surface area contributed by atoms with Gasteiger partial charge in [0.2, 0.25) is 0 Å². The molecule has 7 nitrogen and oxygen atoms in total. The lowest BCUT2D eigenvalue weighted by atomic mass is 9.44. The molecule has 0 spiro atoms. The molecule has 3 saturated carbocycles. The third kappa shape index (κ3) is 4.19. The summed E-state index contributed by atoms with van der Waals surface area (Å²) in [6.07, 6.45) is -1.40. The molecule has 12 heteroatoms. The topological polar surface area (TPSA) is 85.6 Å². The van der Waals surface area contributed by atoms with Gasteiger partial charge in [-0.1, -0.05) is 17.7 Å². The number of halogens is 5. The van der Waals surface area contributed by atoms with Gasteiger partial charge >= 0.3 is 6.36 Å². The van der Waals surface area contributed by atoms with Gasteiger partial charge in [-0.05, 0) is 55.2 Å². The van der Waals surface area contributed by atoms with Crippen LogP contribution >= 0.6 is 11.6 Å². The van der Waals surface area contributed by atoms with Crippen LogP contribution in [0.4, 0.5) is 17.6 Å². The van der Waals surface area contributed by atoms with Crippen molar-refractivity contribution in [1.29, 1.82) is 0 Å². The van der Waals surface area contributed by atoms with Crippen LogP contribution in [0.1, 0.15) is 37.4 Å². The number of ether oxygens (including phenoxy) is 2.